The van der Waals surface area contributed by atoms with E-state index in [9.17, 15) is 4.79 Å². The van der Waals surface area contributed by atoms with Crippen LogP contribution in [0.25, 0.3) is 0 Å². The lowest BCUT2D eigenvalue weighted by Gasteiger charge is -2.12. The molecule has 0 aliphatic carbocycles. The van der Waals surface area contributed by atoms with E-state index in [0.717, 1.165) is 18.8 Å². The lowest BCUT2D eigenvalue weighted by atomic mass is 10.4. The number of carbonyl (C=O) groups excluding carboxylic acids is 1. The topological polar surface area (TPSA) is 109 Å². The number of hydrogen-bond donors (Lipinski definition) is 3. The SMILES string of the molecule is CCc1nncn1CCNC(=NC)NCCNC(=O)c1ccco1. The highest BCUT2D eigenvalue weighted by atomic mass is 16.3. The monoisotopic (exact) mass is 333 g/mol. The fraction of sp³-hybridized carbons (Fsp3) is 0.467. The molecular weight excluding hydrogens is 310 g/mol. The smallest absolute Gasteiger partial charge is 0.287 e. The summed E-state index contributed by atoms with van der Waals surface area (Å²) in [6.07, 6.45) is 4.04. The Balaban J connectivity index is 1.63. The molecule has 0 saturated carbocycles. The molecule has 2 aromatic rings. The average molecular weight is 333 g/mol. The molecule has 130 valence electrons. The van der Waals surface area contributed by atoms with Crippen LogP contribution in [0.2, 0.25) is 0 Å². The van der Waals surface area contributed by atoms with Crippen molar-refractivity contribution in [2.24, 2.45) is 4.99 Å². The zero-order valence-electron chi connectivity index (χ0n) is 14.0. The van der Waals surface area contributed by atoms with Crippen LogP contribution >= 0.6 is 0 Å². The van der Waals surface area contributed by atoms with Crippen molar-refractivity contribution in [3.05, 3.63) is 36.3 Å². The molecule has 3 N–H and O–H groups in total. The lowest BCUT2D eigenvalue weighted by molar-refractivity contribution is 0.0926. The first kappa shape index (κ1) is 17.5. The number of hydrogen-bond acceptors (Lipinski definition) is 5. The van der Waals surface area contributed by atoms with Crippen LogP contribution in [0.3, 0.4) is 0 Å². The van der Waals surface area contributed by atoms with E-state index >= 15 is 0 Å². The maximum absolute atomic E-state index is 11.7. The molecule has 2 heterocycles. The number of nitrogens with one attached hydrogen (secondary N) is 3. The molecule has 1 amide bonds. The summed E-state index contributed by atoms with van der Waals surface area (Å²) in [6, 6.07) is 3.30. The van der Waals surface area contributed by atoms with Crippen molar-refractivity contribution >= 4 is 11.9 Å². The normalized spacial score (nSPS) is 11.3. The van der Waals surface area contributed by atoms with Crippen molar-refractivity contribution in [3.8, 4) is 0 Å². The van der Waals surface area contributed by atoms with Crippen molar-refractivity contribution in [1.29, 1.82) is 0 Å². The van der Waals surface area contributed by atoms with Crippen LogP contribution in [0.1, 0.15) is 23.3 Å². The molecule has 0 fully saturated rings. The van der Waals surface area contributed by atoms with E-state index in [1.54, 1.807) is 25.5 Å². The molecule has 0 radical (unpaired) electrons. The van der Waals surface area contributed by atoms with E-state index in [1.807, 2.05) is 11.5 Å². The number of furan rings is 1. The molecule has 0 spiro atoms. The van der Waals surface area contributed by atoms with Gasteiger partial charge in [0.2, 0.25) is 0 Å². The zero-order chi connectivity index (χ0) is 17.2. The molecule has 0 bridgehead atoms. The van der Waals surface area contributed by atoms with Gasteiger partial charge in [-0.1, -0.05) is 6.92 Å². The van der Waals surface area contributed by atoms with Gasteiger partial charge in [0, 0.05) is 39.6 Å². The average Bonchev–Trinajstić information content (AvgIpc) is 3.28. The van der Waals surface area contributed by atoms with Gasteiger partial charge in [0.1, 0.15) is 12.2 Å². The van der Waals surface area contributed by atoms with Crippen LogP contribution in [0, 0.1) is 0 Å². The number of aliphatic imine (C=N–C) groups is 1. The Morgan fingerprint density at radius 1 is 1.29 bits per heavy atom. The van der Waals surface area contributed by atoms with Gasteiger partial charge in [0.15, 0.2) is 11.7 Å². The summed E-state index contributed by atoms with van der Waals surface area (Å²) >= 11 is 0. The Labute approximate surface area is 140 Å². The van der Waals surface area contributed by atoms with Gasteiger partial charge in [-0.15, -0.1) is 10.2 Å². The van der Waals surface area contributed by atoms with E-state index in [0.29, 0.717) is 31.4 Å². The second-order valence-electron chi connectivity index (χ2n) is 4.95. The highest BCUT2D eigenvalue weighted by molar-refractivity contribution is 5.91. The number of carbonyl (C=O) groups is 1. The van der Waals surface area contributed by atoms with Crippen LogP contribution in [-0.4, -0.2) is 53.3 Å². The minimum Gasteiger partial charge on any atom is -0.459 e. The maximum atomic E-state index is 11.7. The Kier molecular flexibility index (Phi) is 6.81. The third kappa shape index (κ3) is 5.11. The summed E-state index contributed by atoms with van der Waals surface area (Å²) < 4.78 is 7.02. The number of nitrogens with zero attached hydrogens (tertiary/aromatic N) is 4. The molecule has 0 aliphatic rings. The van der Waals surface area contributed by atoms with E-state index in [1.165, 1.54) is 6.26 Å². The Morgan fingerprint density at radius 3 is 2.79 bits per heavy atom. The van der Waals surface area contributed by atoms with Gasteiger partial charge < -0.3 is 24.9 Å². The number of amides is 1. The molecule has 9 nitrogen and oxygen atoms in total. The molecular formula is C15H23N7O2. The van der Waals surface area contributed by atoms with Crippen molar-refractivity contribution in [1.82, 2.24) is 30.7 Å². The van der Waals surface area contributed by atoms with Crippen LogP contribution in [0.4, 0.5) is 0 Å². The number of aryl methyl sites for hydroxylation is 1. The second-order valence-corrected chi connectivity index (χ2v) is 4.95. The summed E-state index contributed by atoms with van der Waals surface area (Å²) in [6.45, 7) is 4.52. The quantitative estimate of drug-likeness (QED) is 0.357. The summed E-state index contributed by atoms with van der Waals surface area (Å²) in [4.78, 5) is 15.8. The van der Waals surface area contributed by atoms with Crippen LogP contribution in [0.5, 0.6) is 0 Å². The summed E-state index contributed by atoms with van der Waals surface area (Å²) in [7, 11) is 1.70. The predicted molar refractivity (Wildman–Crippen MR) is 89.8 cm³/mol. The molecule has 9 heteroatoms. The Hall–Kier alpha value is -2.84. The number of aromatic nitrogens is 3. The van der Waals surface area contributed by atoms with Crippen LogP contribution < -0.4 is 16.0 Å². The molecule has 0 saturated heterocycles. The molecule has 0 aromatic carbocycles. The van der Waals surface area contributed by atoms with Crippen molar-refractivity contribution in [2.45, 2.75) is 19.9 Å². The first-order chi connectivity index (χ1) is 11.7. The van der Waals surface area contributed by atoms with Crippen LogP contribution in [0.15, 0.2) is 34.1 Å². The number of rotatable bonds is 8. The summed E-state index contributed by atoms with van der Waals surface area (Å²) in [5, 5.41) is 17.0. The fourth-order valence-corrected chi connectivity index (χ4v) is 2.11. The van der Waals surface area contributed by atoms with Crippen molar-refractivity contribution in [3.63, 3.8) is 0 Å². The van der Waals surface area contributed by atoms with Gasteiger partial charge in [0.25, 0.3) is 5.91 Å². The Bertz CT molecular complexity index is 649. The van der Waals surface area contributed by atoms with E-state index < -0.39 is 0 Å². The summed E-state index contributed by atoms with van der Waals surface area (Å²) in [5.74, 6) is 1.70. The van der Waals surface area contributed by atoms with Crippen LogP contribution in [-0.2, 0) is 13.0 Å². The predicted octanol–water partition coefficient (Wildman–Crippen LogP) is 0.0285. The molecule has 2 aromatic heterocycles. The minimum atomic E-state index is -0.232. The Morgan fingerprint density at radius 2 is 2.08 bits per heavy atom. The lowest BCUT2D eigenvalue weighted by Crippen LogP contribution is -2.42. The van der Waals surface area contributed by atoms with E-state index in [-0.39, 0.29) is 5.91 Å². The molecule has 0 unspecified atom stereocenters. The van der Waals surface area contributed by atoms with Crippen molar-refractivity contribution < 1.29 is 9.21 Å². The first-order valence-corrected chi connectivity index (χ1v) is 7.87. The van der Waals surface area contributed by atoms with E-state index in [2.05, 4.69) is 31.1 Å². The highest BCUT2D eigenvalue weighted by Crippen LogP contribution is 1.98. The number of guanidine groups is 1. The largest absolute Gasteiger partial charge is 0.459 e. The fourth-order valence-electron chi connectivity index (χ4n) is 2.11. The highest BCUT2D eigenvalue weighted by Gasteiger charge is 2.07. The maximum Gasteiger partial charge on any atom is 0.287 e. The molecule has 24 heavy (non-hydrogen) atoms. The second kappa shape index (κ2) is 9.33. The van der Waals surface area contributed by atoms with Gasteiger partial charge in [0.05, 0.1) is 6.26 Å². The summed E-state index contributed by atoms with van der Waals surface area (Å²) in [5.41, 5.74) is 0. The first-order valence-electron chi connectivity index (χ1n) is 7.87. The third-order valence-electron chi connectivity index (χ3n) is 3.33. The van der Waals surface area contributed by atoms with Gasteiger partial charge in [-0.2, -0.15) is 0 Å². The molecule has 2 rings (SSSR count). The van der Waals surface area contributed by atoms with Gasteiger partial charge in [-0.05, 0) is 12.1 Å². The standard InChI is InChI=1S/C15H23N7O2/c1-3-13-21-20-11-22(13)9-8-19-15(16-2)18-7-6-17-14(23)12-5-4-10-24-12/h4-5,10-11H,3,6-9H2,1-2H3,(H,17,23)(H2,16,18,19). The third-order valence-corrected chi connectivity index (χ3v) is 3.33. The van der Waals surface area contributed by atoms with Crippen molar-refractivity contribution in [2.75, 3.05) is 26.7 Å². The van der Waals surface area contributed by atoms with Gasteiger partial charge >= 0.3 is 0 Å². The molecule has 0 atom stereocenters. The van der Waals surface area contributed by atoms with Gasteiger partial charge in [-0.25, -0.2) is 0 Å². The van der Waals surface area contributed by atoms with Gasteiger partial charge in [-0.3, -0.25) is 9.79 Å². The zero-order valence-corrected chi connectivity index (χ0v) is 14.0. The minimum absolute atomic E-state index is 0.232. The molecule has 0 aliphatic heterocycles. The van der Waals surface area contributed by atoms with E-state index in [4.69, 9.17) is 4.42 Å².